The van der Waals surface area contributed by atoms with Gasteiger partial charge in [-0.15, -0.1) is 11.3 Å². The molecule has 0 aliphatic heterocycles. The summed E-state index contributed by atoms with van der Waals surface area (Å²) in [6, 6.07) is 5.65. The highest BCUT2D eigenvalue weighted by Gasteiger charge is 2.16. The van der Waals surface area contributed by atoms with Crippen LogP contribution in [0.2, 0.25) is 0 Å². The molecule has 0 fully saturated rings. The van der Waals surface area contributed by atoms with Crippen molar-refractivity contribution in [2.45, 2.75) is 13.0 Å². The van der Waals surface area contributed by atoms with Crippen molar-refractivity contribution in [3.63, 3.8) is 0 Å². The topological polar surface area (TPSA) is 39.2 Å². The summed E-state index contributed by atoms with van der Waals surface area (Å²) in [5.41, 5.74) is 6.06. The van der Waals surface area contributed by atoms with E-state index in [0.29, 0.717) is 0 Å². The van der Waals surface area contributed by atoms with Gasteiger partial charge in [0, 0.05) is 14.2 Å². The Morgan fingerprint density at radius 1 is 1.57 bits per heavy atom. The van der Waals surface area contributed by atoms with E-state index in [1.807, 2.05) is 12.1 Å². The van der Waals surface area contributed by atoms with Gasteiger partial charge in [0.2, 0.25) is 0 Å². The lowest BCUT2D eigenvalue weighted by Crippen LogP contribution is -2.09. The lowest BCUT2D eigenvalue weighted by molar-refractivity contribution is 0.491. The highest BCUT2D eigenvalue weighted by molar-refractivity contribution is 9.10. The average molecular weight is 272 g/mol. The summed E-state index contributed by atoms with van der Waals surface area (Å²) in [6.07, 6.45) is 1.64. The lowest BCUT2D eigenvalue weighted by atomic mass is 10.2. The fourth-order valence-electron chi connectivity index (χ4n) is 1.31. The second-order valence-corrected chi connectivity index (χ2v) is 5.20. The minimum absolute atomic E-state index is 0.168. The van der Waals surface area contributed by atoms with Crippen LogP contribution in [0.3, 0.4) is 0 Å². The van der Waals surface area contributed by atoms with E-state index in [1.165, 1.54) is 4.88 Å². The molecule has 2 aromatic rings. The van der Waals surface area contributed by atoms with E-state index in [2.05, 4.69) is 28.9 Å². The van der Waals surface area contributed by atoms with Gasteiger partial charge in [0.1, 0.15) is 5.76 Å². The molecule has 0 spiro atoms. The zero-order chi connectivity index (χ0) is 10.1. The molecule has 0 aliphatic carbocycles. The fraction of sp³-hybridized carbons (Fsp3) is 0.200. The van der Waals surface area contributed by atoms with Crippen LogP contribution in [-0.2, 0) is 0 Å². The lowest BCUT2D eigenvalue weighted by Gasteiger charge is -2.06. The molecule has 0 saturated carbocycles. The van der Waals surface area contributed by atoms with Gasteiger partial charge in [-0.25, -0.2) is 0 Å². The molecule has 0 aliphatic rings. The predicted molar refractivity (Wildman–Crippen MR) is 61.5 cm³/mol. The van der Waals surface area contributed by atoms with Crippen molar-refractivity contribution in [3.05, 3.63) is 44.4 Å². The predicted octanol–water partition coefficient (Wildman–Crippen LogP) is 3.46. The second kappa shape index (κ2) is 3.88. The zero-order valence-corrected chi connectivity index (χ0v) is 10.1. The third-order valence-corrected chi connectivity index (χ3v) is 4.02. The summed E-state index contributed by atoms with van der Waals surface area (Å²) in [7, 11) is 0. The molecule has 4 heteroatoms. The Labute approximate surface area is 94.9 Å². The van der Waals surface area contributed by atoms with Crippen LogP contribution in [0.25, 0.3) is 0 Å². The number of hydrogen-bond donors (Lipinski definition) is 1. The maximum atomic E-state index is 6.06. The van der Waals surface area contributed by atoms with Crippen LogP contribution >= 0.6 is 27.3 Å². The number of thiophene rings is 1. The van der Waals surface area contributed by atoms with E-state index in [-0.39, 0.29) is 6.04 Å². The minimum Gasteiger partial charge on any atom is -0.467 e. The van der Waals surface area contributed by atoms with Crippen LogP contribution in [0.4, 0.5) is 0 Å². The van der Waals surface area contributed by atoms with Crippen LogP contribution in [0, 0.1) is 6.92 Å². The first-order chi connectivity index (χ1) is 6.68. The summed E-state index contributed by atoms with van der Waals surface area (Å²) in [6.45, 7) is 2.06. The van der Waals surface area contributed by atoms with E-state index < -0.39 is 0 Å². The van der Waals surface area contributed by atoms with Crippen molar-refractivity contribution in [3.8, 4) is 0 Å². The molecule has 2 rings (SSSR count). The van der Waals surface area contributed by atoms with Gasteiger partial charge in [0.25, 0.3) is 0 Å². The highest BCUT2D eigenvalue weighted by atomic mass is 79.9. The first kappa shape index (κ1) is 9.96. The molecule has 2 nitrogen and oxygen atoms in total. The van der Waals surface area contributed by atoms with Crippen LogP contribution in [0.15, 0.2) is 33.4 Å². The molecule has 0 radical (unpaired) electrons. The Hall–Kier alpha value is -0.580. The number of hydrogen-bond acceptors (Lipinski definition) is 3. The Morgan fingerprint density at radius 2 is 2.36 bits per heavy atom. The third-order valence-electron chi connectivity index (χ3n) is 1.97. The molecule has 2 aromatic heterocycles. The summed E-state index contributed by atoms with van der Waals surface area (Å²) in [4.78, 5) is 2.35. The standard InChI is InChI=1S/C10H10BrNOS/c1-6-5-7(11)10(14-6)9(12)8-3-2-4-13-8/h2-5,9H,12H2,1H3. The molecule has 1 atom stereocenters. The monoisotopic (exact) mass is 271 g/mol. The SMILES string of the molecule is Cc1cc(Br)c(C(N)c2ccco2)s1. The third kappa shape index (κ3) is 1.78. The number of halogens is 1. The quantitative estimate of drug-likeness (QED) is 0.909. The Bertz CT molecular complexity index is 421. The summed E-state index contributed by atoms with van der Waals surface area (Å²) in [5.74, 6) is 0.799. The molecule has 74 valence electrons. The summed E-state index contributed by atoms with van der Waals surface area (Å²) >= 11 is 5.18. The molecule has 2 N–H and O–H groups in total. The molecule has 1 unspecified atom stereocenters. The number of aryl methyl sites for hydroxylation is 1. The number of nitrogens with two attached hydrogens (primary N) is 1. The van der Waals surface area contributed by atoms with Gasteiger partial charge >= 0.3 is 0 Å². The van der Waals surface area contributed by atoms with Crippen molar-refractivity contribution in [2.24, 2.45) is 5.73 Å². The molecule has 0 amide bonds. The van der Waals surface area contributed by atoms with Crippen molar-refractivity contribution in [1.29, 1.82) is 0 Å². The van der Waals surface area contributed by atoms with Crippen molar-refractivity contribution in [1.82, 2.24) is 0 Å². The van der Waals surface area contributed by atoms with Crippen molar-refractivity contribution < 1.29 is 4.42 Å². The molecule has 14 heavy (non-hydrogen) atoms. The van der Waals surface area contributed by atoms with Crippen molar-refractivity contribution in [2.75, 3.05) is 0 Å². The minimum atomic E-state index is -0.168. The van der Waals surface area contributed by atoms with Gasteiger partial charge in [-0.3, -0.25) is 0 Å². The molecule has 0 aromatic carbocycles. The number of furan rings is 1. The van der Waals surface area contributed by atoms with Gasteiger partial charge in [0.05, 0.1) is 12.3 Å². The first-order valence-electron chi connectivity index (χ1n) is 4.23. The molecule has 0 bridgehead atoms. The first-order valence-corrected chi connectivity index (χ1v) is 5.84. The van der Waals surface area contributed by atoms with Crippen LogP contribution in [-0.4, -0.2) is 0 Å². The Kier molecular flexibility index (Phi) is 2.76. The second-order valence-electron chi connectivity index (χ2n) is 3.06. The zero-order valence-electron chi connectivity index (χ0n) is 7.66. The molecule has 0 saturated heterocycles. The smallest absolute Gasteiger partial charge is 0.125 e. The number of rotatable bonds is 2. The van der Waals surface area contributed by atoms with Gasteiger partial charge in [-0.05, 0) is 41.1 Å². The molecule has 2 heterocycles. The largest absolute Gasteiger partial charge is 0.467 e. The molecular formula is C10H10BrNOS. The van der Waals surface area contributed by atoms with Crippen LogP contribution in [0.1, 0.15) is 21.6 Å². The van der Waals surface area contributed by atoms with Gasteiger partial charge in [0.15, 0.2) is 0 Å². The van der Waals surface area contributed by atoms with Crippen molar-refractivity contribution >= 4 is 27.3 Å². The summed E-state index contributed by atoms with van der Waals surface area (Å²) < 4.78 is 6.33. The van der Waals surface area contributed by atoms with E-state index >= 15 is 0 Å². The van der Waals surface area contributed by atoms with E-state index in [0.717, 1.165) is 15.1 Å². The van der Waals surface area contributed by atoms with E-state index in [4.69, 9.17) is 10.2 Å². The maximum Gasteiger partial charge on any atom is 0.125 e. The maximum absolute atomic E-state index is 6.06. The molecular weight excluding hydrogens is 262 g/mol. The van der Waals surface area contributed by atoms with E-state index in [9.17, 15) is 0 Å². The van der Waals surface area contributed by atoms with Gasteiger partial charge in [-0.2, -0.15) is 0 Å². The Balaban J connectivity index is 2.36. The van der Waals surface area contributed by atoms with Crippen LogP contribution < -0.4 is 5.73 Å². The summed E-state index contributed by atoms with van der Waals surface area (Å²) in [5, 5.41) is 0. The fourth-order valence-corrected chi connectivity index (χ4v) is 3.22. The van der Waals surface area contributed by atoms with E-state index in [1.54, 1.807) is 17.6 Å². The van der Waals surface area contributed by atoms with Crippen LogP contribution in [0.5, 0.6) is 0 Å². The van der Waals surface area contributed by atoms with Gasteiger partial charge in [-0.1, -0.05) is 0 Å². The normalized spacial score (nSPS) is 13.1. The van der Waals surface area contributed by atoms with Gasteiger partial charge < -0.3 is 10.2 Å². The Morgan fingerprint density at radius 3 is 2.86 bits per heavy atom. The highest BCUT2D eigenvalue weighted by Crippen LogP contribution is 2.34. The average Bonchev–Trinajstić information content (AvgIpc) is 2.73.